The average molecular weight is 393 g/mol. The zero-order chi connectivity index (χ0) is 20.7. The minimum absolute atomic E-state index is 0.135. The van der Waals surface area contributed by atoms with Crippen LogP contribution in [0.25, 0.3) is 4.85 Å². The third-order valence-electron chi connectivity index (χ3n) is 4.00. The molecule has 2 rings (SSSR count). The van der Waals surface area contributed by atoms with Gasteiger partial charge in [0.1, 0.15) is 5.82 Å². The third kappa shape index (κ3) is 5.71. The lowest BCUT2D eigenvalue weighted by atomic mass is 10.1. The molecule has 0 saturated carbocycles. The number of amides is 1. The van der Waals surface area contributed by atoms with E-state index < -0.39 is 17.4 Å². The average Bonchev–Trinajstić information content (AvgIpc) is 2.66. The Kier molecular flexibility index (Phi) is 6.99. The van der Waals surface area contributed by atoms with Gasteiger partial charge in [0.05, 0.1) is 18.7 Å². The Balaban J connectivity index is 2.13. The summed E-state index contributed by atoms with van der Waals surface area (Å²) in [6.07, 6.45) is -4.03. The molecule has 4 nitrogen and oxygen atoms in total. The van der Waals surface area contributed by atoms with Gasteiger partial charge in [-0.15, -0.1) is 0 Å². The number of carbonyl (C=O) groups is 1. The highest BCUT2D eigenvalue weighted by Gasteiger charge is 2.34. The van der Waals surface area contributed by atoms with E-state index in [2.05, 4.69) is 10.2 Å². The number of nitrogens with one attached hydrogen (secondary N) is 1. The van der Waals surface area contributed by atoms with Crippen LogP contribution < -0.4 is 10.2 Å². The van der Waals surface area contributed by atoms with Gasteiger partial charge in [-0.1, -0.05) is 25.1 Å². The first-order valence-electron chi connectivity index (χ1n) is 8.59. The van der Waals surface area contributed by atoms with Crippen LogP contribution in [0.1, 0.15) is 24.5 Å². The van der Waals surface area contributed by atoms with Gasteiger partial charge in [-0.3, -0.25) is 4.79 Å². The number of benzene rings is 2. The highest BCUT2D eigenvalue weighted by atomic mass is 19.4. The summed E-state index contributed by atoms with van der Waals surface area (Å²) >= 11 is 0. The number of carbonyl (C=O) groups excluding carboxylic acids is 1. The molecule has 8 heteroatoms. The van der Waals surface area contributed by atoms with Crippen LogP contribution in [0.3, 0.4) is 0 Å². The zero-order valence-electron chi connectivity index (χ0n) is 15.2. The number of alkyl halides is 3. The van der Waals surface area contributed by atoms with Crippen molar-refractivity contribution in [1.29, 1.82) is 0 Å². The Morgan fingerprint density at radius 2 is 1.86 bits per heavy atom. The number of halogens is 4. The fraction of sp³-hybridized carbons (Fsp3) is 0.300. The van der Waals surface area contributed by atoms with Crippen LogP contribution >= 0.6 is 0 Å². The molecular weight excluding hydrogens is 374 g/mol. The monoisotopic (exact) mass is 393 g/mol. The van der Waals surface area contributed by atoms with Crippen LogP contribution in [0.2, 0.25) is 0 Å². The van der Waals surface area contributed by atoms with E-state index in [4.69, 9.17) is 6.57 Å². The molecule has 0 aliphatic heterocycles. The van der Waals surface area contributed by atoms with Crippen molar-refractivity contribution in [2.45, 2.75) is 26.1 Å². The molecule has 0 aromatic heterocycles. The van der Waals surface area contributed by atoms with Crippen molar-refractivity contribution in [3.05, 3.63) is 70.8 Å². The van der Waals surface area contributed by atoms with E-state index in [0.29, 0.717) is 18.5 Å². The van der Waals surface area contributed by atoms with E-state index in [1.807, 2.05) is 6.92 Å². The Morgan fingerprint density at radius 1 is 1.18 bits per heavy atom. The standard InChI is InChI=1S/C20H19F4N3O/c1-3-10-27(13-19(28)26-12-14-4-6-15(21)7-5-14)16-8-9-18(25-2)17(11-16)20(22,23)24/h4-9,11H,3,10,12-13H2,1H3,(H,26,28). The molecule has 0 spiro atoms. The molecule has 0 heterocycles. The van der Waals surface area contributed by atoms with Gasteiger partial charge in [0.2, 0.25) is 5.91 Å². The summed E-state index contributed by atoms with van der Waals surface area (Å²) in [5.74, 6) is -0.756. The second-order valence-electron chi connectivity index (χ2n) is 6.14. The highest BCUT2D eigenvalue weighted by Crippen LogP contribution is 2.38. The normalized spacial score (nSPS) is 11.0. The fourth-order valence-corrected chi connectivity index (χ4v) is 2.65. The summed E-state index contributed by atoms with van der Waals surface area (Å²) in [6.45, 7) is 9.18. The molecule has 0 bridgehead atoms. The number of nitrogens with zero attached hydrogens (tertiary/aromatic N) is 2. The summed E-state index contributed by atoms with van der Waals surface area (Å²) in [5.41, 5.74) is -0.572. The molecule has 0 atom stereocenters. The van der Waals surface area contributed by atoms with E-state index in [9.17, 15) is 22.4 Å². The number of rotatable bonds is 7. The second kappa shape index (κ2) is 9.22. The maximum atomic E-state index is 13.2. The van der Waals surface area contributed by atoms with Crippen molar-refractivity contribution in [3.8, 4) is 0 Å². The van der Waals surface area contributed by atoms with Crippen molar-refractivity contribution in [3.63, 3.8) is 0 Å². The molecule has 1 N–H and O–H groups in total. The Hall–Kier alpha value is -3.08. The van der Waals surface area contributed by atoms with Gasteiger partial charge in [-0.25, -0.2) is 9.24 Å². The number of anilines is 1. The van der Waals surface area contributed by atoms with Gasteiger partial charge in [0.25, 0.3) is 0 Å². The van der Waals surface area contributed by atoms with E-state index >= 15 is 0 Å². The zero-order valence-corrected chi connectivity index (χ0v) is 15.2. The fourth-order valence-electron chi connectivity index (χ4n) is 2.65. The van der Waals surface area contributed by atoms with E-state index in [0.717, 1.165) is 12.1 Å². The van der Waals surface area contributed by atoms with Crippen LogP contribution in [0.4, 0.5) is 28.9 Å². The maximum absolute atomic E-state index is 13.2. The second-order valence-corrected chi connectivity index (χ2v) is 6.14. The Labute approximate surface area is 160 Å². The van der Waals surface area contributed by atoms with Crippen LogP contribution in [-0.4, -0.2) is 19.0 Å². The lowest BCUT2D eigenvalue weighted by Gasteiger charge is -2.25. The molecule has 0 unspecified atom stereocenters. The predicted molar refractivity (Wildman–Crippen MR) is 98.5 cm³/mol. The lowest BCUT2D eigenvalue weighted by molar-refractivity contribution is -0.136. The summed E-state index contributed by atoms with van der Waals surface area (Å²) in [6, 6.07) is 9.06. The van der Waals surface area contributed by atoms with Crippen molar-refractivity contribution in [2.75, 3.05) is 18.0 Å². The van der Waals surface area contributed by atoms with Crippen molar-refractivity contribution in [2.24, 2.45) is 0 Å². The lowest BCUT2D eigenvalue weighted by Crippen LogP contribution is -2.37. The van der Waals surface area contributed by atoms with Crippen LogP contribution in [0, 0.1) is 12.4 Å². The van der Waals surface area contributed by atoms with Crippen LogP contribution in [0.5, 0.6) is 0 Å². The van der Waals surface area contributed by atoms with Gasteiger partial charge in [-0.05, 0) is 36.2 Å². The molecule has 1 amide bonds. The Morgan fingerprint density at radius 3 is 2.43 bits per heavy atom. The van der Waals surface area contributed by atoms with Crippen LogP contribution in [-0.2, 0) is 17.5 Å². The van der Waals surface area contributed by atoms with Crippen LogP contribution in [0.15, 0.2) is 42.5 Å². The van der Waals surface area contributed by atoms with Gasteiger partial charge in [-0.2, -0.15) is 13.2 Å². The third-order valence-corrected chi connectivity index (χ3v) is 4.00. The quantitative estimate of drug-likeness (QED) is 0.535. The van der Waals surface area contributed by atoms with Gasteiger partial charge < -0.3 is 10.2 Å². The molecule has 0 radical (unpaired) electrons. The molecule has 148 valence electrons. The van der Waals surface area contributed by atoms with Crippen molar-refractivity contribution in [1.82, 2.24) is 5.32 Å². The molecular formula is C20H19F4N3O. The number of hydrogen-bond acceptors (Lipinski definition) is 2. The van der Waals surface area contributed by atoms with E-state index in [1.165, 1.54) is 35.2 Å². The largest absolute Gasteiger partial charge is 0.407 e. The summed E-state index contributed by atoms with van der Waals surface area (Å²) < 4.78 is 52.5. The molecule has 0 aliphatic carbocycles. The molecule has 2 aromatic rings. The van der Waals surface area contributed by atoms with Gasteiger partial charge in [0.15, 0.2) is 5.69 Å². The minimum Gasteiger partial charge on any atom is -0.362 e. The molecule has 0 fully saturated rings. The summed E-state index contributed by atoms with van der Waals surface area (Å²) in [4.78, 5) is 16.7. The Bertz CT molecular complexity index is 857. The van der Waals surface area contributed by atoms with Crippen molar-refractivity contribution < 1.29 is 22.4 Å². The van der Waals surface area contributed by atoms with E-state index in [-0.39, 0.29) is 30.5 Å². The SMILES string of the molecule is [C-]#[N+]c1ccc(N(CCC)CC(=O)NCc2ccc(F)cc2)cc1C(F)(F)F. The summed E-state index contributed by atoms with van der Waals surface area (Å²) in [5, 5.41) is 2.67. The first-order chi connectivity index (χ1) is 13.2. The van der Waals surface area contributed by atoms with Crippen molar-refractivity contribution >= 4 is 17.3 Å². The first kappa shape index (κ1) is 21.2. The topological polar surface area (TPSA) is 36.7 Å². The summed E-state index contributed by atoms with van der Waals surface area (Å²) in [7, 11) is 0. The molecule has 28 heavy (non-hydrogen) atoms. The van der Waals surface area contributed by atoms with E-state index in [1.54, 1.807) is 0 Å². The highest BCUT2D eigenvalue weighted by molar-refractivity contribution is 5.81. The van der Waals surface area contributed by atoms with Gasteiger partial charge in [0, 0.05) is 18.8 Å². The number of hydrogen-bond donors (Lipinski definition) is 1. The molecule has 0 aliphatic rings. The maximum Gasteiger partial charge on any atom is 0.407 e. The molecule has 0 saturated heterocycles. The minimum atomic E-state index is -4.65. The first-order valence-corrected chi connectivity index (χ1v) is 8.59. The molecule has 2 aromatic carbocycles. The smallest absolute Gasteiger partial charge is 0.362 e. The predicted octanol–water partition coefficient (Wildman–Crippen LogP) is 4.93. The van der Waals surface area contributed by atoms with Gasteiger partial charge >= 0.3 is 6.18 Å².